The molecule has 1 unspecified atom stereocenters. The molecule has 1 aliphatic rings. The summed E-state index contributed by atoms with van der Waals surface area (Å²) in [6, 6.07) is 2.01. The molecule has 1 saturated heterocycles. The van der Waals surface area contributed by atoms with E-state index in [1.165, 1.54) is 13.1 Å². The summed E-state index contributed by atoms with van der Waals surface area (Å²) < 4.78 is 13.7. The van der Waals surface area contributed by atoms with Crippen molar-refractivity contribution in [2.75, 3.05) is 30.4 Å². The average molecular weight is 313 g/mol. The highest BCUT2D eigenvalue weighted by atomic mass is 32.2. The number of hydrogen-bond donors (Lipinski definition) is 1. The van der Waals surface area contributed by atoms with Gasteiger partial charge in [-0.2, -0.15) is 11.8 Å². The van der Waals surface area contributed by atoms with Crippen LogP contribution in [0.2, 0.25) is 0 Å². The molecule has 0 aromatic heterocycles. The number of nitro groups is 1. The van der Waals surface area contributed by atoms with Crippen LogP contribution in [0.15, 0.2) is 12.1 Å². The number of carbonyl (C=O) groups excluding carboxylic acids is 1. The first-order valence-corrected chi connectivity index (χ1v) is 7.65. The van der Waals surface area contributed by atoms with Gasteiger partial charge in [-0.05, 0) is 13.0 Å². The fourth-order valence-corrected chi connectivity index (χ4v) is 3.27. The van der Waals surface area contributed by atoms with Gasteiger partial charge >= 0.3 is 0 Å². The zero-order valence-corrected chi connectivity index (χ0v) is 12.6. The van der Waals surface area contributed by atoms with Gasteiger partial charge < -0.3 is 10.2 Å². The minimum absolute atomic E-state index is 0.000979. The summed E-state index contributed by atoms with van der Waals surface area (Å²) in [4.78, 5) is 24.5. The van der Waals surface area contributed by atoms with Crippen LogP contribution in [0.25, 0.3) is 0 Å². The maximum atomic E-state index is 13.7. The van der Waals surface area contributed by atoms with Gasteiger partial charge in [-0.25, -0.2) is 4.39 Å². The van der Waals surface area contributed by atoms with Crippen LogP contribution >= 0.6 is 11.8 Å². The highest BCUT2D eigenvalue weighted by Crippen LogP contribution is 2.28. The van der Waals surface area contributed by atoms with E-state index in [4.69, 9.17) is 0 Å². The number of amides is 1. The van der Waals surface area contributed by atoms with Crippen molar-refractivity contribution in [3.63, 3.8) is 0 Å². The molecule has 0 saturated carbocycles. The number of carbonyl (C=O) groups is 1. The summed E-state index contributed by atoms with van der Waals surface area (Å²) in [5.41, 5.74) is -0.505. The second kappa shape index (κ2) is 6.30. The molecule has 1 amide bonds. The first-order chi connectivity index (χ1) is 9.95. The quantitative estimate of drug-likeness (QED) is 0.685. The molecular weight excluding hydrogens is 297 g/mol. The third-order valence-electron chi connectivity index (χ3n) is 3.41. The molecule has 114 valence electrons. The van der Waals surface area contributed by atoms with Crippen LogP contribution < -0.4 is 5.32 Å². The molecule has 1 aromatic rings. The largest absolute Gasteiger partial charge is 0.386 e. The lowest BCUT2D eigenvalue weighted by Crippen LogP contribution is -2.44. The fourth-order valence-electron chi connectivity index (χ4n) is 2.26. The lowest BCUT2D eigenvalue weighted by molar-refractivity contribution is -0.385. The van der Waals surface area contributed by atoms with E-state index in [-0.39, 0.29) is 17.3 Å². The summed E-state index contributed by atoms with van der Waals surface area (Å²) in [5, 5.41) is 13.7. The van der Waals surface area contributed by atoms with Crippen molar-refractivity contribution in [2.45, 2.75) is 13.0 Å². The number of benzene rings is 1. The van der Waals surface area contributed by atoms with E-state index in [1.807, 2.05) is 6.92 Å². The predicted molar refractivity (Wildman–Crippen MR) is 80.4 cm³/mol. The minimum atomic E-state index is -0.747. The third-order valence-corrected chi connectivity index (χ3v) is 4.60. The highest BCUT2D eigenvalue weighted by Gasteiger charge is 2.30. The van der Waals surface area contributed by atoms with Gasteiger partial charge in [0.05, 0.1) is 16.7 Å². The number of anilines is 1. The summed E-state index contributed by atoms with van der Waals surface area (Å²) in [6.45, 7) is 2.44. The molecule has 1 atom stereocenters. The molecule has 1 aliphatic heterocycles. The topological polar surface area (TPSA) is 75.5 Å². The number of nitro benzene ring substituents is 1. The van der Waals surface area contributed by atoms with Crippen LogP contribution in [0, 0.1) is 15.9 Å². The Hall–Kier alpha value is -1.83. The number of thioether (sulfide) groups is 1. The van der Waals surface area contributed by atoms with Crippen LogP contribution in [0.5, 0.6) is 0 Å². The van der Waals surface area contributed by atoms with Crippen LogP contribution in [-0.4, -0.2) is 46.9 Å². The summed E-state index contributed by atoms with van der Waals surface area (Å²) in [6.07, 6.45) is 0. The summed E-state index contributed by atoms with van der Waals surface area (Å²) >= 11 is 1.74. The maximum absolute atomic E-state index is 13.7. The molecule has 6 nitrogen and oxygen atoms in total. The zero-order valence-electron chi connectivity index (χ0n) is 11.8. The Labute approximate surface area is 125 Å². The second-order valence-electron chi connectivity index (χ2n) is 4.78. The van der Waals surface area contributed by atoms with Crippen molar-refractivity contribution in [2.24, 2.45) is 0 Å². The van der Waals surface area contributed by atoms with Crippen molar-refractivity contribution in [3.05, 3.63) is 33.6 Å². The Morgan fingerprint density at radius 1 is 1.57 bits per heavy atom. The van der Waals surface area contributed by atoms with Crippen molar-refractivity contribution >= 4 is 29.0 Å². The molecule has 1 N–H and O–H groups in total. The number of hydrogen-bond acceptors (Lipinski definition) is 5. The van der Waals surface area contributed by atoms with Gasteiger partial charge in [-0.15, -0.1) is 0 Å². The Bertz CT molecular complexity index is 582. The summed E-state index contributed by atoms with van der Waals surface area (Å²) in [5.74, 6) is 0.415. The summed E-state index contributed by atoms with van der Waals surface area (Å²) in [7, 11) is 1.50. The molecule has 0 spiro atoms. The number of nitrogens with one attached hydrogen (secondary N) is 1. The van der Waals surface area contributed by atoms with Gasteiger partial charge in [0, 0.05) is 31.1 Å². The molecule has 0 bridgehead atoms. The Morgan fingerprint density at radius 2 is 2.29 bits per heavy atom. The fraction of sp³-hybridized carbons (Fsp3) is 0.462. The normalized spacial score (nSPS) is 18.4. The van der Waals surface area contributed by atoms with Crippen LogP contribution in [0.4, 0.5) is 15.8 Å². The van der Waals surface area contributed by atoms with E-state index in [0.29, 0.717) is 6.54 Å². The van der Waals surface area contributed by atoms with Gasteiger partial charge in [-0.1, -0.05) is 0 Å². The Balaban J connectivity index is 2.45. The van der Waals surface area contributed by atoms with Crippen molar-refractivity contribution in [1.82, 2.24) is 4.90 Å². The van der Waals surface area contributed by atoms with Gasteiger partial charge in [-0.3, -0.25) is 14.9 Å². The van der Waals surface area contributed by atoms with Crippen molar-refractivity contribution in [1.29, 1.82) is 0 Å². The molecule has 0 radical (unpaired) electrons. The molecule has 2 rings (SSSR count). The van der Waals surface area contributed by atoms with Crippen molar-refractivity contribution in [3.8, 4) is 0 Å². The van der Waals surface area contributed by atoms with E-state index in [1.54, 1.807) is 16.7 Å². The molecule has 21 heavy (non-hydrogen) atoms. The second-order valence-corrected chi connectivity index (χ2v) is 5.93. The first-order valence-electron chi connectivity index (χ1n) is 6.50. The molecule has 1 fully saturated rings. The monoisotopic (exact) mass is 313 g/mol. The van der Waals surface area contributed by atoms with Gasteiger partial charge in [0.1, 0.15) is 5.56 Å². The SMILES string of the molecule is CNc1cc(C(=O)N2CCSCC2C)c([N+](=O)[O-])cc1F. The average Bonchev–Trinajstić information content (AvgIpc) is 2.46. The lowest BCUT2D eigenvalue weighted by atomic mass is 10.1. The number of nitrogens with zero attached hydrogens (tertiary/aromatic N) is 2. The number of rotatable bonds is 3. The molecule has 8 heteroatoms. The third kappa shape index (κ3) is 3.10. The zero-order chi connectivity index (χ0) is 15.6. The van der Waals surface area contributed by atoms with Crippen LogP contribution in [0.1, 0.15) is 17.3 Å². The van der Waals surface area contributed by atoms with E-state index < -0.39 is 22.3 Å². The van der Waals surface area contributed by atoms with Crippen molar-refractivity contribution < 1.29 is 14.1 Å². The van der Waals surface area contributed by atoms with Gasteiger partial charge in [0.25, 0.3) is 11.6 Å². The molecular formula is C13H16FN3O3S. The van der Waals surface area contributed by atoms with E-state index in [0.717, 1.165) is 17.6 Å². The van der Waals surface area contributed by atoms with Crippen LogP contribution in [0.3, 0.4) is 0 Å². The van der Waals surface area contributed by atoms with Crippen LogP contribution in [-0.2, 0) is 0 Å². The Morgan fingerprint density at radius 3 is 2.86 bits per heavy atom. The van der Waals surface area contributed by atoms with E-state index >= 15 is 0 Å². The smallest absolute Gasteiger partial charge is 0.285 e. The van der Waals surface area contributed by atoms with Gasteiger partial charge in [0.2, 0.25) is 0 Å². The predicted octanol–water partition coefficient (Wildman–Crippen LogP) is 2.35. The standard InChI is InChI=1S/C13H16FN3O3S/c1-8-7-21-4-3-16(8)13(18)9-5-11(15-2)10(14)6-12(9)17(19)20/h5-6,8,15H,3-4,7H2,1-2H3. The highest BCUT2D eigenvalue weighted by molar-refractivity contribution is 7.99. The van der Waals surface area contributed by atoms with E-state index in [2.05, 4.69) is 5.32 Å². The molecule has 0 aliphatic carbocycles. The van der Waals surface area contributed by atoms with E-state index in [9.17, 15) is 19.3 Å². The molecule has 1 heterocycles. The number of halogens is 1. The Kier molecular flexibility index (Phi) is 4.66. The lowest BCUT2D eigenvalue weighted by Gasteiger charge is -2.33. The maximum Gasteiger partial charge on any atom is 0.285 e. The molecule has 1 aromatic carbocycles. The first kappa shape index (κ1) is 15.6. The minimum Gasteiger partial charge on any atom is -0.386 e. The van der Waals surface area contributed by atoms with Gasteiger partial charge in [0.15, 0.2) is 5.82 Å².